The molecule has 0 aliphatic heterocycles. The van der Waals surface area contributed by atoms with Gasteiger partial charge in [-0.3, -0.25) is 0 Å². The van der Waals surface area contributed by atoms with E-state index in [0.29, 0.717) is 23.1 Å². The first-order chi connectivity index (χ1) is 21.5. The van der Waals surface area contributed by atoms with Crippen LogP contribution in [-0.2, 0) is 6.42 Å². The van der Waals surface area contributed by atoms with Crippen LogP contribution in [0.4, 0.5) is 13.2 Å². The van der Waals surface area contributed by atoms with Crippen LogP contribution in [0, 0.1) is 35.2 Å². The Labute approximate surface area is 263 Å². The minimum atomic E-state index is -0.805. The Morgan fingerprint density at radius 2 is 1.34 bits per heavy atom. The Hall–Kier alpha value is -3.07. The van der Waals surface area contributed by atoms with E-state index in [2.05, 4.69) is 32.1 Å². The fourth-order valence-electron chi connectivity index (χ4n) is 7.51. The van der Waals surface area contributed by atoms with Crippen LogP contribution in [0.2, 0.25) is 0 Å². The molecule has 5 rings (SSSR count). The molecule has 1 saturated carbocycles. The van der Waals surface area contributed by atoms with Crippen molar-refractivity contribution in [3.05, 3.63) is 101 Å². The molecule has 1 atom stereocenters. The van der Waals surface area contributed by atoms with E-state index in [1.54, 1.807) is 42.5 Å². The van der Waals surface area contributed by atoms with Crippen molar-refractivity contribution < 1.29 is 13.2 Å². The lowest BCUT2D eigenvalue weighted by molar-refractivity contribution is 0.212. The second-order valence-electron chi connectivity index (χ2n) is 13.2. The number of allylic oxidation sites excluding steroid dienone is 4. The van der Waals surface area contributed by atoms with E-state index in [9.17, 15) is 4.39 Å². The predicted octanol–water partition coefficient (Wildman–Crippen LogP) is 12.9. The van der Waals surface area contributed by atoms with Gasteiger partial charge in [-0.15, -0.1) is 0 Å². The summed E-state index contributed by atoms with van der Waals surface area (Å²) in [4.78, 5) is 0. The largest absolute Gasteiger partial charge is 0.206 e. The van der Waals surface area contributed by atoms with Gasteiger partial charge in [-0.2, -0.15) is 0 Å². The number of unbranched alkanes of at least 4 members (excludes halogenated alkanes) is 5. The van der Waals surface area contributed by atoms with Gasteiger partial charge in [0.05, 0.1) is 0 Å². The summed E-state index contributed by atoms with van der Waals surface area (Å²) in [6.07, 6.45) is 22.7. The van der Waals surface area contributed by atoms with E-state index in [0.717, 1.165) is 61.0 Å². The lowest BCUT2D eigenvalue weighted by atomic mass is 9.71. The van der Waals surface area contributed by atoms with Crippen LogP contribution in [0.3, 0.4) is 0 Å². The van der Waals surface area contributed by atoms with E-state index >= 15 is 8.78 Å². The van der Waals surface area contributed by atoms with Crippen molar-refractivity contribution in [2.75, 3.05) is 0 Å². The van der Waals surface area contributed by atoms with Crippen LogP contribution in [0.1, 0.15) is 108 Å². The first-order valence-electron chi connectivity index (χ1n) is 17.2. The van der Waals surface area contributed by atoms with Crippen molar-refractivity contribution in [1.29, 1.82) is 0 Å². The Kier molecular flexibility index (Phi) is 11.6. The van der Waals surface area contributed by atoms with Crippen molar-refractivity contribution in [3.63, 3.8) is 0 Å². The van der Waals surface area contributed by atoms with Gasteiger partial charge in [0, 0.05) is 11.1 Å². The molecule has 44 heavy (non-hydrogen) atoms. The molecule has 0 aromatic heterocycles. The van der Waals surface area contributed by atoms with Gasteiger partial charge in [0.1, 0.15) is 5.82 Å². The number of rotatable bonds is 12. The molecule has 1 unspecified atom stereocenters. The second-order valence-corrected chi connectivity index (χ2v) is 13.2. The molecule has 2 aliphatic rings. The Morgan fingerprint density at radius 1 is 0.682 bits per heavy atom. The summed E-state index contributed by atoms with van der Waals surface area (Å²) >= 11 is 0. The summed E-state index contributed by atoms with van der Waals surface area (Å²) in [5.41, 5.74) is 4.74. The molecule has 3 aromatic carbocycles. The van der Waals surface area contributed by atoms with Crippen LogP contribution in [0.15, 0.2) is 72.8 Å². The molecule has 234 valence electrons. The van der Waals surface area contributed by atoms with Gasteiger partial charge < -0.3 is 0 Å². The molecule has 0 saturated heterocycles. The molecule has 0 heterocycles. The zero-order chi connectivity index (χ0) is 30.9. The van der Waals surface area contributed by atoms with E-state index in [1.165, 1.54) is 56.9 Å². The van der Waals surface area contributed by atoms with E-state index in [-0.39, 0.29) is 11.4 Å². The lowest BCUT2D eigenvalue weighted by Crippen LogP contribution is -2.22. The van der Waals surface area contributed by atoms with Gasteiger partial charge in [0.15, 0.2) is 11.6 Å². The number of aryl methyl sites for hydroxylation is 1. The monoisotopic (exact) mass is 598 g/mol. The van der Waals surface area contributed by atoms with Crippen LogP contribution in [0.25, 0.3) is 27.8 Å². The topological polar surface area (TPSA) is 0 Å². The summed E-state index contributed by atoms with van der Waals surface area (Å²) < 4.78 is 45.3. The molecular formula is C41H49F3. The molecular weight excluding hydrogens is 549 g/mol. The van der Waals surface area contributed by atoms with Crippen molar-refractivity contribution >= 4 is 5.57 Å². The fraction of sp³-hybridized carbons (Fsp3) is 0.463. The lowest BCUT2D eigenvalue weighted by Gasteiger charge is -2.34. The number of hydrogen-bond donors (Lipinski definition) is 0. The van der Waals surface area contributed by atoms with Gasteiger partial charge in [0.2, 0.25) is 0 Å². The van der Waals surface area contributed by atoms with E-state index in [1.807, 2.05) is 12.1 Å². The van der Waals surface area contributed by atoms with Gasteiger partial charge in [-0.1, -0.05) is 106 Å². The van der Waals surface area contributed by atoms with Gasteiger partial charge in [0.25, 0.3) is 0 Å². The van der Waals surface area contributed by atoms with E-state index in [4.69, 9.17) is 0 Å². The summed E-state index contributed by atoms with van der Waals surface area (Å²) in [6.45, 7) is 4.30. The summed E-state index contributed by atoms with van der Waals surface area (Å²) in [5, 5.41) is 0. The number of hydrogen-bond acceptors (Lipinski definition) is 0. The van der Waals surface area contributed by atoms with E-state index < -0.39 is 11.6 Å². The average molecular weight is 599 g/mol. The quantitative estimate of drug-likeness (QED) is 0.144. The summed E-state index contributed by atoms with van der Waals surface area (Å²) in [6, 6.07) is 16.0. The zero-order valence-corrected chi connectivity index (χ0v) is 26.7. The molecule has 0 bridgehead atoms. The fourth-order valence-corrected chi connectivity index (χ4v) is 7.51. The maximum absolute atomic E-state index is 15.4. The van der Waals surface area contributed by atoms with Crippen molar-refractivity contribution in [1.82, 2.24) is 0 Å². The van der Waals surface area contributed by atoms with Crippen LogP contribution < -0.4 is 0 Å². The maximum atomic E-state index is 15.4. The first kappa shape index (κ1) is 32.3. The molecule has 0 radical (unpaired) electrons. The van der Waals surface area contributed by atoms with Gasteiger partial charge in [-0.05, 0) is 116 Å². The van der Waals surface area contributed by atoms with Crippen molar-refractivity contribution in [2.45, 2.75) is 104 Å². The standard InChI is InChI=1S/C41H49F3/c1-3-5-6-7-8-9-11-35-24-27-38(41(44)40(35)43)34-22-20-33(21-23-34)37-26-25-36(28-39(37)42)32-18-16-31(17-19-32)30-14-12-29(10-4-2)13-15-30/h4,10,18,20-31H,3,5-9,11-17,19H2,1-2H3/b10-4+. The molecule has 0 N–H and O–H groups in total. The smallest absolute Gasteiger partial charge is 0.166 e. The van der Waals surface area contributed by atoms with Gasteiger partial charge >= 0.3 is 0 Å². The SMILES string of the molecule is C/C=C/C1CCC(C2CC=C(c3ccc(-c4ccc(-c5ccc(CCCCCCCC)c(F)c5F)cc4)c(F)c3)CC2)CC1. The highest BCUT2D eigenvalue weighted by Gasteiger charge is 2.28. The maximum Gasteiger partial charge on any atom is 0.166 e. The molecule has 2 aliphatic carbocycles. The van der Waals surface area contributed by atoms with Crippen molar-refractivity contribution in [2.24, 2.45) is 17.8 Å². The highest BCUT2D eigenvalue weighted by molar-refractivity contribution is 5.74. The highest BCUT2D eigenvalue weighted by Crippen LogP contribution is 2.42. The summed E-state index contributed by atoms with van der Waals surface area (Å²) in [7, 11) is 0. The van der Waals surface area contributed by atoms with Crippen LogP contribution >= 0.6 is 0 Å². The normalized spacial score (nSPS) is 20.7. The number of halogens is 3. The Balaban J connectivity index is 1.20. The first-order valence-corrected chi connectivity index (χ1v) is 17.2. The van der Waals surface area contributed by atoms with Gasteiger partial charge in [-0.25, -0.2) is 13.2 Å². The summed E-state index contributed by atoms with van der Waals surface area (Å²) in [5.74, 6) is 0.533. The Morgan fingerprint density at radius 3 is 2.00 bits per heavy atom. The van der Waals surface area contributed by atoms with Crippen LogP contribution in [0.5, 0.6) is 0 Å². The van der Waals surface area contributed by atoms with Crippen molar-refractivity contribution in [3.8, 4) is 22.3 Å². The third kappa shape index (κ3) is 7.95. The molecule has 0 nitrogen and oxygen atoms in total. The second kappa shape index (κ2) is 15.8. The third-order valence-electron chi connectivity index (χ3n) is 10.2. The predicted molar refractivity (Wildman–Crippen MR) is 180 cm³/mol. The average Bonchev–Trinajstić information content (AvgIpc) is 3.05. The molecule has 3 heteroatoms. The third-order valence-corrected chi connectivity index (χ3v) is 10.2. The minimum absolute atomic E-state index is 0.241. The number of benzene rings is 3. The minimum Gasteiger partial charge on any atom is -0.206 e. The molecule has 1 fully saturated rings. The molecule has 0 spiro atoms. The van der Waals surface area contributed by atoms with Crippen LogP contribution in [-0.4, -0.2) is 0 Å². The highest BCUT2D eigenvalue weighted by atomic mass is 19.2. The molecule has 0 amide bonds. The zero-order valence-electron chi connectivity index (χ0n) is 26.7. The Bertz CT molecular complexity index is 1420. The molecule has 3 aromatic rings.